The van der Waals surface area contributed by atoms with Crippen molar-refractivity contribution in [3.8, 4) is 33.4 Å². The first kappa shape index (κ1) is 32.5. The minimum Gasteiger partial charge on any atom is -0.310 e. The molecule has 0 aromatic heterocycles. The van der Waals surface area contributed by atoms with E-state index in [2.05, 4.69) is 219 Å². The lowest BCUT2D eigenvalue weighted by molar-refractivity contribution is 0.660. The summed E-state index contributed by atoms with van der Waals surface area (Å²) in [6.45, 7) is 4.71. The number of hydrogen-bond donors (Lipinski definition) is 0. The monoisotopic (exact) mass is 713 g/mol. The van der Waals surface area contributed by atoms with Crippen LogP contribution in [0.25, 0.3) is 76.5 Å². The van der Waals surface area contributed by atoms with Crippen LogP contribution in [0, 0.1) is 0 Å². The molecule has 10 aromatic carbocycles. The summed E-state index contributed by atoms with van der Waals surface area (Å²) in [5, 5.41) is 10.3. The van der Waals surface area contributed by atoms with Crippen molar-refractivity contribution in [1.82, 2.24) is 0 Å². The van der Waals surface area contributed by atoms with E-state index in [1.807, 2.05) is 0 Å². The van der Waals surface area contributed by atoms with Gasteiger partial charge in [-0.3, -0.25) is 0 Å². The molecule has 1 aliphatic rings. The van der Waals surface area contributed by atoms with Crippen LogP contribution in [0.1, 0.15) is 25.0 Å². The summed E-state index contributed by atoms with van der Waals surface area (Å²) in [7, 11) is 0. The van der Waals surface area contributed by atoms with Crippen molar-refractivity contribution in [2.45, 2.75) is 19.3 Å². The third kappa shape index (κ3) is 5.08. The van der Waals surface area contributed by atoms with Crippen LogP contribution in [0.15, 0.2) is 200 Å². The molecular weight excluding hydrogens is 675 g/mol. The van der Waals surface area contributed by atoms with Crippen molar-refractivity contribution < 1.29 is 0 Å². The van der Waals surface area contributed by atoms with Gasteiger partial charge < -0.3 is 4.90 Å². The Morgan fingerprint density at radius 1 is 0.321 bits per heavy atom. The molecule has 0 unspecified atom stereocenters. The second-order valence-electron chi connectivity index (χ2n) is 15.7. The Balaban J connectivity index is 1.03. The smallest absolute Gasteiger partial charge is 0.0467 e. The van der Waals surface area contributed by atoms with Crippen molar-refractivity contribution in [1.29, 1.82) is 0 Å². The minimum atomic E-state index is -0.0931. The Labute approximate surface area is 327 Å². The molecule has 0 saturated heterocycles. The highest BCUT2D eigenvalue weighted by Gasteiger charge is 2.35. The highest BCUT2D eigenvalue weighted by molar-refractivity contribution is 6.27. The number of rotatable bonds is 5. The molecule has 0 fully saturated rings. The highest BCUT2D eigenvalue weighted by atomic mass is 15.1. The summed E-state index contributed by atoms with van der Waals surface area (Å²) in [5.41, 5.74) is 13.5. The molecule has 0 amide bonds. The van der Waals surface area contributed by atoms with E-state index in [9.17, 15) is 0 Å². The number of fused-ring (bicyclic) bond motifs is 10. The largest absolute Gasteiger partial charge is 0.310 e. The summed E-state index contributed by atoms with van der Waals surface area (Å²) in [4.78, 5) is 2.41. The van der Waals surface area contributed by atoms with E-state index < -0.39 is 0 Å². The average molecular weight is 714 g/mol. The number of hydrogen-bond acceptors (Lipinski definition) is 1. The first-order chi connectivity index (χ1) is 27.5. The SMILES string of the molecule is CC1(C)c2ccccc2-c2ccc(N(c3ccc(-c4ccc5c(ccc6ccc7ccc8ccccc8c7c65)c4)cc3)c3cccc(-c4ccccc4)c3)cc21. The molecule has 0 atom stereocenters. The number of anilines is 3. The van der Waals surface area contributed by atoms with Gasteiger partial charge >= 0.3 is 0 Å². The van der Waals surface area contributed by atoms with Gasteiger partial charge in [-0.05, 0) is 130 Å². The lowest BCUT2D eigenvalue weighted by Crippen LogP contribution is -2.16. The topological polar surface area (TPSA) is 3.24 Å². The molecule has 0 saturated carbocycles. The van der Waals surface area contributed by atoms with E-state index in [4.69, 9.17) is 0 Å². The second kappa shape index (κ2) is 12.5. The number of nitrogens with zero attached hydrogens (tertiary/aromatic N) is 1. The zero-order chi connectivity index (χ0) is 37.4. The molecule has 0 bridgehead atoms. The third-order valence-electron chi connectivity index (χ3n) is 12.2. The maximum atomic E-state index is 2.42. The molecule has 56 heavy (non-hydrogen) atoms. The van der Waals surface area contributed by atoms with E-state index in [1.54, 1.807) is 0 Å². The Morgan fingerprint density at radius 3 is 1.68 bits per heavy atom. The molecule has 11 rings (SSSR count). The lowest BCUT2D eigenvalue weighted by atomic mass is 9.82. The van der Waals surface area contributed by atoms with Gasteiger partial charge in [-0.15, -0.1) is 0 Å². The van der Waals surface area contributed by atoms with Crippen LogP contribution < -0.4 is 4.90 Å². The maximum Gasteiger partial charge on any atom is 0.0467 e. The zero-order valence-corrected chi connectivity index (χ0v) is 31.5. The first-order valence-corrected chi connectivity index (χ1v) is 19.6. The molecule has 1 nitrogen and oxygen atoms in total. The predicted octanol–water partition coefficient (Wildman–Crippen LogP) is 15.4. The molecule has 1 heteroatoms. The normalized spacial score (nSPS) is 13.0. The molecule has 10 aromatic rings. The van der Waals surface area contributed by atoms with E-state index in [1.165, 1.54) is 87.6 Å². The lowest BCUT2D eigenvalue weighted by Gasteiger charge is -2.28. The minimum absolute atomic E-state index is 0.0931. The quantitative estimate of drug-likeness (QED) is 0.161. The van der Waals surface area contributed by atoms with Crippen molar-refractivity contribution in [3.05, 3.63) is 211 Å². The van der Waals surface area contributed by atoms with Gasteiger partial charge in [-0.1, -0.05) is 172 Å². The van der Waals surface area contributed by atoms with E-state index >= 15 is 0 Å². The van der Waals surface area contributed by atoms with Gasteiger partial charge in [-0.25, -0.2) is 0 Å². The maximum absolute atomic E-state index is 2.42. The standard InChI is InChI=1S/C55H39N/c1-55(2)51-18-9-8-17-49(51)50-32-30-46(35-52(50)55)56(45-15-10-14-41(34-45)36-11-4-3-5-12-36)44-28-25-37(26-29-44)42-27-31-48-43(33-42)24-23-40-22-21-39-20-19-38-13-6-7-16-47(38)53(39)54(40)48/h3-35H,1-2H3. The predicted molar refractivity (Wildman–Crippen MR) is 240 cm³/mol. The Bertz CT molecular complexity index is 3150. The van der Waals surface area contributed by atoms with Gasteiger partial charge in [0.15, 0.2) is 0 Å². The average Bonchev–Trinajstić information content (AvgIpc) is 3.49. The molecular formula is C55H39N. The van der Waals surface area contributed by atoms with E-state index in [0.29, 0.717) is 0 Å². The van der Waals surface area contributed by atoms with Crippen LogP contribution in [-0.4, -0.2) is 0 Å². The fourth-order valence-corrected chi connectivity index (χ4v) is 9.37. The second-order valence-corrected chi connectivity index (χ2v) is 15.7. The van der Waals surface area contributed by atoms with Gasteiger partial charge in [0.1, 0.15) is 0 Å². The van der Waals surface area contributed by atoms with Crippen LogP contribution in [0.5, 0.6) is 0 Å². The Hall–Kier alpha value is -6.96. The van der Waals surface area contributed by atoms with Gasteiger partial charge in [0.25, 0.3) is 0 Å². The van der Waals surface area contributed by atoms with Gasteiger partial charge in [0.05, 0.1) is 0 Å². The summed E-state index contributed by atoms with van der Waals surface area (Å²) >= 11 is 0. The Morgan fingerprint density at radius 2 is 0.875 bits per heavy atom. The summed E-state index contributed by atoms with van der Waals surface area (Å²) < 4.78 is 0. The number of benzene rings is 10. The van der Waals surface area contributed by atoms with Crippen molar-refractivity contribution in [3.63, 3.8) is 0 Å². The zero-order valence-electron chi connectivity index (χ0n) is 31.5. The van der Waals surface area contributed by atoms with Gasteiger partial charge in [0.2, 0.25) is 0 Å². The summed E-state index contributed by atoms with van der Waals surface area (Å²) in [6.07, 6.45) is 0. The van der Waals surface area contributed by atoms with Crippen molar-refractivity contribution in [2.75, 3.05) is 4.90 Å². The molecule has 264 valence electrons. The molecule has 0 heterocycles. The van der Waals surface area contributed by atoms with E-state index in [0.717, 1.165) is 17.1 Å². The fourth-order valence-electron chi connectivity index (χ4n) is 9.37. The van der Waals surface area contributed by atoms with Crippen LogP contribution in [0.3, 0.4) is 0 Å². The fraction of sp³-hybridized carbons (Fsp3) is 0.0545. The molecule has 0 N–H and O–H groups in total. The molecule has 0 aliphatic heterocycles. The van der Waals surface area contributed by atoms with E-state index in [-0.39, 0.29) is 5.41 Å². The highest BCUT2D eigenvalue weighted by Crippen LogP contribution is 2.51. The van der Waals surface area contributed by atoms with Crippen LogP contribution in [-0.2, 0) is 5.41 Å². The van der Waals surface area contributed by atoms with Crippen LogP contribution in [0.2, 0.25) is 0 Å². The molecule has 1 aliphatic carbocycles. The first-order valence-electron chi connectivity index (χ1n) is 19.6. The van der Waals surface area contributed by atoms with Crippen molar-refractivity contribution in [2.24, 2.45) is 0 Å². The van der Waals surface area contributed by atoms with Crippen molar-refractivity contribution >= 4 is 60.2 Å². The summed E-state index contributed by atoms with van der Waals surface area (Å²) in [6, 6.07) is 73.9. The molecule has 0 radical (unpaired) electrons. The van der Waals surface area contributed by atoms with Crippen LogP contribution in [0.4, 0.5) is 17.1 Å². The summed E-state index contributed by atoms with van der Waals surface area (Å²) in [5.74, 6) is 0. The van der Waals surface area contributed by atoms with Gasteiger partial charge in [-0.2, -0.15) is 0 Å². The molecule has 0 spiro atoms. The third-order valence-corrected chi connectivity index (χ3v) is 12.2. The Kier molecular flexibility index (Phi) is 7.28. The van der Waals surface area contributed by atoms with Crippen LogP contribution >= 0.6 is 0 Å². The van der Waals surface area contributed by atoms with Gasteiger partial charge in [0, 0.05) is 22.5 Å².